The molecule has 4 heteroatoms. The van der Waals surface area contributed by atoms with E-state index in [9.17, 15) is 4.79 Å². The zero-order valence-electron chi connectivity index (χ0n) is 8.45. The molecule has 1 rings (SSSR count). The standard InChI is InChI=1S/C10H15N3O/c1-8(13-10(14)7-11-2)9-3-5-12-6-4-9/h3-6,8,11H,7H2,1-2H3,(H,13,14)/t8-/m0/s1. The van der Waals surface area contributed by atoms with Gasteiger partial charge in [-0.05, 0) is 31.7 Å². The highest BCUT2D eigenvalue weighted by atomic mass is 16.1. The molecule has 1 aromatic rings. The zero-order chi connectivity index (χ0) is 10.4. The molecule has 4 nitrogen and oxygen atoms in total. The molecular formula is C10H15N3O. The van der Waals surface area contributed by atoms with E-state index in [1.54, 1.807) is 19.4 Å². The largest absolute Gasteiger partial charge is 0.348 e. The molecule has 0 radical (unpaired) electrons. The Bertz CT molecular complexity index is 287. The normalized spacial score (nSPS) is 12.1. The van der Waals surface area contributed by atoms with E-state index in [2.05, 4.69) is 15.6 Å². The Hall–Kier alpha value is -1.42. The molecule has 1 aromatic heterocycles. The number of likely N-dealkylation sites (N-methyl/N-ethyl adjacent to an activating group) is 1. The summed E-state index contributed by atoms with van der Waals surface area (Å²) in [5, 5.41) is 5.67. The SMILES string of the molecule is CNCC(=O)N[C@@H](C)c1ccncc1. The van der Waals surface area contributed by atoms with Crippen LogP contribution in [0.3, 0.4) is 0 Å². The Kier molecular flexibility index (Phi) is 4.07. The van der Waals surface area contributed by atoms with E-state index in [-0.39, 0.29) is 11.9 Å². The van der Waals surface area contributed by atoms with Gasteiger partial charge in [0.25, 0.3) is 0 Å². The zero-order valence-corrected chi connectivity index (χ0v) is 8.45. The van der Waals surface area contributed by atoms with Crippen molar-refractivity contribution in [3.05, 3.63) is 30.1 Å². The number of rotatable bonds is 4. The monoisotopic (exact) mass is 193 g/mol. The predicted octanol–water partition coefficient (Wildman–Crippen LogP) is 0.478. The third kappa shape index (κ3) is 3.14. The van der Waals surface area contributed by atoms with Gasteiger partial charge in [-0.3, -0.25) is 9.78 Å². The molecule has 0 aromatic carbocycles. The summed E-state index contributed by atoms with van der Waals surface area (Å²) in [6.45, 7) is 2.29. The van der Waals surface area contributed by atoms with Gasteiger partial charge < -0.3 is 10.6 Å². The number of hydrogen-bond acceptors (Lipinski definition) is 3. The smallest absolute Gasteiger partial charge is 0.234 e. The van der Waals surface area contributed by atoms with E-state index >= 15 is 0 Å². The van der Waals surface area contributed by atoms with Gasteiger partial charge in [0.1, 0.15) is 0 Å². The molecule has 0 aliphatic heterocycles. The molecule has 0 bridgehead atoms. The summed E-state index contributed by atoms with van der Waals surface area (Å²) in [5.74, 6) is -0.00295. The van der Waals surface area contributed by atoms with Crippen LogP contribution < -0.4 is 10.6 Å². The molecule has 1 heterocycles. The second-order valence-corrected chi connectivity index (χ2v) is 3.10. The molecule has 1 atom stereocenters. The number of nitrogens with one attached hydrogen (secondary N) is 2. The van der Waals surface area contributed by atoms with Gasteiger partial charge in [0.05, 0.1) is 12.6 Å². The number of carbonyl (C=O) groups is 1. The van der Waals surface area contributed by atoms with Crippen molar-refractivity contribution in [2.45, 2.75) is 13.0 Å². The Morgan fingerprint density at radius 2 is 2.14 bits per heavy atom. The van der Waals surface area contributed by atoms with Gasteiger partial charge in [-0.15, -0.1) is 0 Å². The first-order valence-electron chi connectivity index (χ1n) is 4.58. The van der Waals surface area contributed by atoms with Crippen LogP contribution in [0.15, 0.2) is 24.5 Å². The van der Waals surface area contributed by atoms with E-state index in [0.717, 1.165) is 5.56 Å². The molecule has 0 aliphatic carbocycles. The van der Waals surface area contributed by atoms with Gasteiger partial charge in [-0.25, -0.2) is 0 Å². The van der Waals surface area contributed by atoms with Crippen molar-refractivity contribution >= 4 is 5.91 Å². The van der Waals surface area contributed by atoms with Crippen molar-refractivity contribution in [3.8, 4) is 0 Å². The van der Waals surface area contributed by atoms with E-state index in [4.69, 9.17) is 0 Å². The molecule has 0 spiro atoms. The topological polar surface area (TPSA) is 54.0 Å². The Balaban J connectivity index is 2.50. The first-order valence-corrected chi connectivity index (χ1v) is 4.58. The Labute approximate surface area is 83.7 Å². The number of pyridine rings is 1. The minimum absolute atomic E-state index is 0.00295. The van der Waals surface area contributed by atoms with Crippen LogP contribution in [0.1, 0.15) is 18.5 Å². The van der Waals surface area contributed by atoms with Crippen LogP contribution in [0.5, 0.6) is 0 Å². The lowest BCUT2D eigenvalue weighted by Crippen LogP contribution is -2.33. The lowest BCUT2D eigenvalue weighted by molar-refractivity contribution is -0.120. The quantitative estimate of drug-likeness (QED) is 0.731. The van der Waals surface area contributed by atoms with Crippen molar-refractivity contribution in [3.63, 3.8) is 0 Å². The summed E-state index contributed by atoms with van der Waals surface area (Å²) < 4.78 is 0. The molecule has 0 saturated carbocycles. The lowest BCUT2D eigenvalue weighted by atomic mass is 10.1. The summed E-state index contributed by atoms with van der Waals surface area (Å²) in [5.41, 5.74) is 1.06. The summed E-state index contributed by atoms with van der Waals surface area (Å²) >= 11 is 0. The highest BCUT2D eigenvalue weighted by molar-refractivity contribution is 5.78. The van der Waals surface area contributed by atoms with Crippen LogP contribution in [0.2, 0.25) is 0 Å². The van der Waals surface area contributed by atoms with E-state index in [0.29, 0.717) is 6.54 Å². The first-order chi connectivity index (χ1) is 6.74. The second kappa shape index (κ2) is 5.34. The van der Waals surface area contributed by atoms with Gasteiger partial charge in [-0.1, -0.05) is 0 Å². The maximum atomic E-state index is 11.2. The van der Waals surface area contributed by atoms with E-state index in [1.807, 2.05) is 19.1 Å². The molecule has 2 N–H and O–H groups in total. The van der Waals surface area contributed by atoms with Crippen LogP contribution in [0.25, 0.3) is 0 Å². The second-order valence-electron chi connectivity index (χ2n) is 3.10. The van der Waals surface area contributed by atoms with Crippen molar-refractivity contribution in [1.82, 2.24) is 15.6 Å². The van der Waals surface area contributed by atoms with E-state index < -0.39 is 0 Å². The predicted molar refractivity (Wildman–Crippen MR) is 54.7 cm³/mol. The molecule has 0 fully saturated rings. The van der Waals surface area contributed by atoms with Crippen molar-refractivity contribution in [2.75, 3.05) is 13.6 Å². The summed E-state index contributed by atoms with van der Waals surface area (Å²) in [4.78, 5) is 15.2. The van der Waals surface area contributed by atoms with Gasteiger partial charge in [0, 0.05) is 12.4 Å². The van der Waals surface area contributed by atoms with Crippen molar-refractivity contribution < 1.29 is 4.79 Å². The fourth-order valence-corrected chi connectivity index (χ4v) is 1.19. The van der Waals surface area contributed by atoms with Gasteiger partial charge in [0.15, 0.2) is 0 Å². The highest BCUT2D eigenvalue weighted by Gasteiger charge is 2.07. The number of carbonyl (C=O) groups excluding carboxylic acids is 1. The molecule has 1 amide bonds. The first kappa shape index (κ1) is 10.7. The number of aromatic nitrogens is 1. The lowest BCUT2D eigenvalue weighted by Gasteiger charge is -2.13. The van der Waals surface area contributed by atoms with Crippen LogP contribution >= 0.6 is 0 Å². The maximum Gasteiger partial charge on any atom is 0.234 e. The Morgan fingerprint density at radius 3 is 2.71 bits per heavy atom. The Morgan fingerprint density at radius 1 is 1.50 bits per heavy atom. The van der Waals surface area contributed by atoms with Gasteiger partial charge in [0.2, 0.25) is 5.91 Å². The fraction of sp³-hybridized carbons (Fsp3) is 0.400. The van der Waals surface area contributed by atoms with E-state index in [1.165, 1.54) is 0 Å². The summed E-state index contributed by atoms with van der Waals surface area (Å²) in [7, 11) is 1.75. The van der Waals surface area contributed by atoms with Crippen LogP contribution in [0, 0.1) is 0 Å². The molecule has 0 saturated heterocycles. The minimum atomic E-state index is -0.00295. The summed E-state index contributed by atoms with van der Waals surface area (Å²) in [6, 6.07) is 3.81. The van der Waals surface area contributed by atoms with Gasteiger partial charge in [-0.2, -0.15) is 0 Å². The third-order valence-electron chi connectivity index (χ3n) is 1.92. The number of amides is 1. The van der Waals surface area contributed by atoms with Gasteiger partial charge >= 0.3 is 0 Å². The summed E-state index contributed by atoms with van der Waals surface area (Å²) in [6.07, 6.45) is 3.44. The third-order valence-corrected chi connectivity index (χ3v) is 1.92. The van der Waals surface area contributed by atoms with Crippen molar-refractivity contribution in [2.24, 2.45) is 0 Å². The molecular weight excluding hydrogens is 178 g/mol. The molecule has 0 unspecified atom stereocenters. The average molecular weight is 193 g/mol. The van der Waals surface area contributed by atoms with Crippen molar-refractivity contribution in [1.29, 1.82) is 0 Å². The molecule has 76 valence electrons. The maximum absolute atomic E-state index is 11.2. The van der Waals surface area contributed by atoms with Crippen LogP contribution in [-0.4, -0.2) is 24.5 Å². The highest BCUT2D eigenvalue weighted by Crippen LogP contribution is 2.09. The molecule has 0 aliphatic rings. The molecule has 14 heavy (non-hydrogen) atoms. The van der Waals surface area contributed by atoms with Crippen LogP contribution in [-0.2, 0) is 4.79 Å². The fourth-order valence-electron chi connectivity index (χ4n) is 1.19. The number of hydrogen-bond donors (Lipinski definition) is 2. The number of nitrogens with zero attached hydrogens (tertiary/aromatic N) is 1. The van der Waals surface area contributed by atoms with Crippen LogP contribution in [0.4, 0.5) is 0 Å². The average Bonchev–Trinajstić information content (AvgIpc) is 2.19. The minimum Gasteiger partial charge on any atom is -0.348 e.